The minimum Gasteiger partial charge on any atom is -0.461 e. The van der Waals surface area contributed by atoms with Gasteiger partial charge in [-0.25, -0.2) is 0 Å². The number of rotatable bonds is 17. The second-order valence-electron chi connectivity index (χ2n) is 17.4. The topological polar surface area (TPSA) is 98.5 Å². The van der Waals surface area contributed by atoms with Crippen LogP contribution in [-0.2, 0) is 20.6 Å². The molecule has 6 nitrogen and oxygen atoms in total. The minimum absolute atomic E-state index is 0.0880. The summed E-state index contributed by atoms with van der Waals surface area (Å²) in [5, 5.41) is 0. The summed E-state index contributed by atoms with van der Waals surface area (Å²) in [4.78, 5) is 55.8. The van der Waals surface area contributed by atoms with Gasteiger partial charge >= 0.3 is 6.18 Å². The summed E-state index contributed by atoms with van der Waals surface area (Å²) in [5.74, 6) is 4.11. The van der Waals surface area contributed by atoms with Gasteiger partial charge in [0.1, 0.15) is 17.3 Å². The summed E-state index contributed by atoms with van der Waals surface area (Å²) < 4.78 is 42.1. The molecule has 1 heterocycles. The van der Waals surface area contributed by atoms with Crippen LogP contribution in [0.2, 0.25) is 0 Å². The molecule has 2 aromatic rings. The minimum atomic E-state index is -4.39. The van der Waals surface area contributed by atoms with Crippen LogP contribution in [0.25, 0.3) is 0 Å². The monoisotopic (exact) mass is 807 g/mol. The molecule has 0 amide bonds. The predicted octanol–water partition coefficient (Wildman–Crippen LogP) is 14.4. The van der Waals surface area contributed by atoms with Gasteiger partial charge in [-0.3, -0.25) is 19.2 Å². The molecule has 0 aliphatic heterocycles. The van der Waals surface area contributed by atoms with Crippen molar-refractivity contribution in [1.82, 2.24) is 0 Å². The van der Waals surface area contributed by atoms with Gasteiger partial charge < -0.3 is 9.21 Å². The van der Waals surface area contributed by atoms with Crippen LogP contribution >= 0.6 is 0 Å². The maximum absolute atomic E-state index is 12.4. The van der Waals surface area contributed by atoms with E-state index in [-0.39, 0.29) is 35.3 Å². The summed E-state index contributed by atoms with van der Waals surface area (Å²) in [6.45, 7) is 24.0. The Kier molecular flexibility index (Phi) is 30.9. The van der Waals surface area contributed by atoms with Crippen LogP contribution in [0, 0.1) is 35.5 Å². The summed E-state index contributed by atoms with van der Waals surface area (Å²) in [5.41, 5.74) is -0.648. The third kappa shape index (κ3) is 32.3. The van der Waals surface area contributed by atoms with Gasteiger partial charge in [-0.15, -0.1) is 0 Å². The average molecular weight is 807 g/mol. The number of ketones is 5. The van der Waals surface area contributed by atoms with Gasteiger partial charge in [0, 0.05) is 50.0 Å². The van der Waals surface area contributed by atoms with E-state index in [0.717, 1.165) is 57.1 Å². The van der Waals surface area contributed by atoms with Crippen molar-refractivity contribution in [2.45, 2.75) is 179 Å². The van der Waals surface area contributed by atoms with E-state index in [4.69, 9.17) is 4.42 Å². The molecule has 1 aliphatic carbocycles. The van der Waals surface area contributed by atoms with Crippen molar-refractivity contribution < 1.29 is 41.6 Å². The van der Waals surface area contributed by atoms with Crippen molar-refractivity contribution in [3.05, 3.63) is 59.5 Å². The van der Waals surface area contributed by atoms with Crippen LogP contribution in [0.15, 0.2) is 47.1 Å². The number of carbonyl (C=O) groups is 5. The number of hydrogen-bond donors (Lipinski definition) is 0. The van der Waals surface area contributed by atoms with Crippen molar-refractivity contribution in [2.24, 2.45) is 35.5 Å². The van der Waals surface area contributed by atoms with Crippen LogP contribution in [-0.4, -0.2) is 28.9 Å². The van der Waals surface area contributed by atoms with Crippen LogP contribution in [0.3, 0.4) is 0 Å². The summed E-state index contributed by atoms with van der Waals surface area (Å²) >= 11 is 0. The van der Waals surface area contributed by atoms with Crippen molar-refractivity contribution in [3.63, 3.8) is 0 Å². The van der Waals surface area contributed by atoms with Crippen LogP contribution in [0.1, 0.15) is 199 Å². The molecule has 1 aliphatic rings. The van der Waals surface area contributed by atoms with Crippen molar-refractivity contribution in [1.29, 1.82) is 0 Å². The Hall–Kier alpha value is -3.36. The van der Waals surface area contributed by atoms with Gasteiger partial charge in [-0.05, 0) is 80.0 Å². The second kappa shape index (κ2) is 31.6. The lowest BCUT2D eigenvalue weighted by atomic mass is 9.84. The highest BCUT2D eigenvalue weighted by molar-refractivity contribution is 5.96. The lowest BCUT2D eigenvalue weighted by Crippen LogP contribution is -2.18. The Bertz CT molecular complexity index is 1380. The number of unbranched alkanes of at least 4 members (excludes halogenated alkanes) is 2. The molecule has 1 saturated carbocycles. The van der Waals surface area contributed by atoms with E-state index < -0.39 is 11.7 Å². The Labute approximate surface area is 343 Å². The zero-order valence-electron chi connectivity index (χ0n) is 37.5. The molecular weight excluding hydrogens is 730 g/mol. The average Bonchev–Trinajstić information content (AvgIpc) is 3.64. The summed E-state index contributed by atoms with van der Waals surface area (Å²) in [6.07, 6.45) is 10.7. The molecule has 0 spiro atoms. The highest BCUT2D eigenvalue weighted by Gasteiger charge is 2.31. The maximum atomic E-state index is 12.4. The van der Waals surface area contributed by atoms with Gasteiger partial charge in [0.15, 0.2) is 17.3 Å². The summed E-state index contributed by atoms with van der Waals surface area (Å²) in [7, 11) is 0. The molecule has 1 aromatic heterocycles. The molecule has 0 unspecified atom stereocenters. The Morgan fingerprint density at radius 2 is 1.19 bits per heavy atom. The molecule has 0 atom stereocenters. The lowest BCUT2D eigenvalue weighted by Gasteiger charge is -2.20. The van der Waals surface area contributed by atoms with Crippen LogP contribution < -0.4 is 0 Å². The molecule has 0 N–H and O–H groups in total. The van der Waals surface area contributed by atoms with Crippen molar-refractivity contribution >= 4 is 28.9 Å². The maximum Gasteiger partial charge on any atom is 0.416 e. The number of carbonyl (C=O) groups excluding carboxylic acids is 5. The largest absolute Gasteiger partial charge is 0.461 e. The molecule has 9 heteroatoms. The van der Waals surface area contributed by atoms with E-state index in [1.165, 1.54) is 50.5 Å². The number of hydrogen-bond acceptors (Lipinski definition) is 6. The number of benzene rings is 1. The summed E-state index contributed by atoms with van der Waals surface area (Å²) in [6, 6.07) is 7.98. The molecule has 3 rings (SSSR count). The van der Waals surface area contributed by atoms with Gasteiger partial charge in [0.25, 0.3) is 0 Å². The molecule has 1 aromatic carbocycles. The Morgan fingerprint density at radius 1 is 0.667 bits per heavy atom. The zero-order valence-corrected chi connectivity index (χ0v) is 37.5. The molecule has 0 radical (unpaired) electrons. The van der Waals surface area contributed by atoms with E-state index in [0.29, 0.717) is 53.3 Å². The van der Waals surface area contributed by atoms with Gasteiger partial charge in [-0.2, -0.15) is 13.2 Å². The fraction of sp³-hybridized carbons (Fsp3) is 0.688. The first kappa shape index (κ1) is 55.7. The molecular formula is C48H77F3O6. The molecule has 57 heavy (non-hydrogen) atoms. The predicted molar refractivity (Wildman–Crippen MR) is 227 cm³/mol. The number of alkyl halides is 3. The highest BCUT2D eigenvalue weighted by atomic mass is 19.4. The smallest absolute Gasteiger partial charge is 0.416 e. The SMILES string of the molecule is CC(=O)CC(C)C.CC(C)CC(=O)C1CCCCC1.CC(C)CC(=O)c1cccc(C(F)(F)F)c1.CC(C)CC(=O)c1ccco1.CCCCCC(=O)CC(C)C. The van der Waals surface area contributed by atoms with Gasteiger partial charge in [-0.1, -0.05) is 120 Å². The Balaban J connectivity index is 0. The third-order valence-electron chi connectivity index (χ3n) is 8.56. The van der Waals surface area contributed by atoms with Crippen LogP contribution in [0.5, 0.6) is 0 Å². The van der Waals surface area contributed by atoms with Crippen molar-refractivity contribution in [3.8, 4) is 0 Å². The van der Waals surface area contributed by atoms with E-state index >= 15 is 0 Å². The molecule has 0 saturated heterocycles. The first-order valence-electron chi connectivity index (χ1n) is 21.3. The van der Waals surface area contributed by atoms with Crippen molar-refractivity contribution in [2.75, 3.05) is 0 Å². The normalized spacial score (nSPS) is 12.8. The zero-order chi connectivity index (χ0) is 44.1. The molecule has 326 valence electrons. The number of furan rings is 1. The number of halogens is 3. The quantitative estimate of drug-likeness (QED) is 0.117. The third-order valence-corrected chi connectivity index (χ3v) is 8.56. The molecule has 1 fully saturated rings. The van der Waals surface area contributed by atoms with Gasteiger partial charge in [0.2, 0.25) is 0 Å². The first-order valence-corrected chi connectivity index (χ1v) is 21.3. The van der Waals surface area contributed by atoms with E-state index in [2.05, 4.69) is 34.6 Å². The van der Waals surface area contributed by atoms with Gasteiger partial charge in [0.05, 0.1) is 11.8 Å². The lowest BCUT2D eigenvalue weighted by molar-refractivity contribution is -0.137. The molecule has 0 bridgehead atoms. The fourth-order valence-electron chi connectivity index (χ4n) is 5.96. The Morgan fingerprint density at radius 3 is 1.61 bits per heavy atom. The second-order valence-corrected chi connectivity index (χ2v) is 17.4. The van der Waals surface area contributed by atoms with Crippen LogP contribution in [0.4, 0.5) is 13.2 Å². The van der Waals surface area contributed by atoms with E-state index in [1.54, 1.807) is 19.1 Å². The van der Waals surface area contributed by atoms with E-state index in [9.17, 15) is 37.1 Å². The highest BCUT2D eigenvalue weighted by Crippen LogP contribution is 2.30. The number of Topliss-reactive ketones (excluding diaryl/α,β-unsaturated/α-hetero) is 5. The fourth-order valence-corrected chi connectivity index (χ4v) is 5.96. The van der Waals surface area contributed by atoms with E-state index in [1.807, 2.05) is 41.5 Å². The standard InChI is InChI=1S/C12H13F3O.C11H20O.C10H20O.C9H12O2.C6H12O/c1-8(2)6-11(16)9-4-3-5-10(7-9)12(13,14)15;1-9(2)8-11(12)10-6-4-3-5-7-10;1-4-5-6-7-10(11)8-9(2)3;1-7(2)6-8(10)9-4-3-5-11-9;1-5(2)4-6(3)7/h3-5,7-8H,6H2,1-2H3;9-10H,3-8H2,1-2H3;9H,4-8H2,1-3H3;3-5,7H,6H2,1-2H3;5H,4H2,1-3H3. The first-order chi connectivity index (χ1) is 26.5.